The van der Waals surface area contributed by atoms with Gasteiger partial charge < -0.3 is 15.8 Å². The first-order chi connectivity index (χ1) is 8.50. The molecule has 1 atom stereocenters. The number of esters is 1. The lowest BCUT2D eigenvalue weighted by Crippen LogP contribution is -2.43. The van der Waals surface area contributed by atoms with Crippen LogP contribution in [-0.2, 0) is 14.3 Å². The Labute approximate surface area is 104 Å². The third-order valence-electron chi connectivity index (χ3n) is 2.15. The minimum Gasteiger partial charge on any atom is -0.452 e. The van der Waals surface area contributed by atoms with E-state index >= 15 is 0 Å². The summed E-state index contributed by atoms with van der Waals surface area (Å²) in [6.45, 7) is 0.991. The highest BCUT2D eigenvalue weighted by Gasteiger charge is 2.14. The number of primary amides is 1. The Morgan fingerprint density at radius 2 is 1.89 bits per heavy atom. The number of hydrogen-bond donors (Lipinski definition) is 2. The molecular weight excluding hydrogens is 236 g/mol. The smallest absolute Gasteiger partial charge is 0.338 e. The molecule has 2 amide bonds. The van der Waals surface area contributed by atoms with Gasteiger partial charge in [0.15, 0.2) is 6.61 Å². The van der Waals surface area contributed by atoms with E-state index in [1.807, 2.05) is 0 Å². The van der Waals surface area contributed by atoms with Crippen LogP contribution in [0.25, 0.3) is 0 Å². The molecule has 0 heterocycles. The van der Waals surface area contributed by atoms with Gasteiger partial charge in [0, 0.05) is 0 Å². The molecule has 0 spiro atoms. The summed E-state index contributed by atoms with van der Waals surface area (Å²) >= 11 is 0. The second kappa shape index (κ2) is 6.39. The van der Waals surface area contributed by atoms with E-state index < -0.39 is 30.4 Å². The molecule has 0 radical (unpaired) electrons. The van der Waals surface area contributed by atoms with Crippen molar-refractivity contribution in [2.75, 3.05) is 6.61 Å². The molecule has 6 nitrogen and oxygen atoms in total. The Morgan fingerprint density at radius 1 is 1.28 bits per heavy atom. The van der Waals surface area contributed by atoms with Crippen molar-refractivity contribution in [1.82, 2.24) is 5.32 Å². The third-order valence-corrected chi connectivity index (χ3v) is 2.15. The Hall–Kier alpha value is -2.37. The molecule has 6 heteroatoms. The molecule has 0 saturated carbocycles. The fraction of sp³-hybridized carbons (Fsp3) is 0.250. The van der Waals surface area contributed by atoms with Gasteiger partial charge in [-0.3, -0.25) is 9.59 Å². The Bertz CT molecular complexity index is 445. The van der Waals surface area contributed by atoms with E-state index in [1.54, 1.807) is 30.3 Å². The van der Waals surface area contributed by atoms with E-state index in [-0.39, 0.29) is 0 Å². The Morgan fingerprint density at radius 3 is 2.44 bits per heavy atom. The molecule has 18 heavy (non-hydrogen) atoms. The van der Waals surface area contributed by atoms with E-state index in [2.05, 4.69) is 5.32 Å². The van der Waals surface area contributed by atoms with Crippen molar-refractivity contribution in [2.24, 2.45) is 5.73 Å². The first-order valence-electron chi connectivity index (χ1n) is 5.31. The highest BCUT2D eigenvalue weighted by molar-refractivity contribution is 5.92. The van der Waals surface area contributed by atoms with Gasteiger partial charge >= 0.3 is 5.97 Å². The number of amides is 2. The zero-order valence-electron chi connectivity index (χ0n) is 9.88. The minimum absolute atomic E-state index is 0.355. The normalized spacial score (nSPS) is 11.4. The van der Waals surface area contributed by atoms with Crippen molar-refractivity contribution in [1.29, 1.82) is 0 Å². The van der Waals surface area contributed by atoms with Gasteiger partial charge in [-0.1, -0.05) is 18.2 Å². The third kappa shape index (κ3) is 4.25. The first kappa shape index (κ1) is 13.7. The molecule has 0 fully saturated rings. The standard InChI is InChI=1S/C12H14N2O4/c1-8(11(13)16)14-10(15)7-18-12(17)9-5-3-2-4-6-9/h2-6,8H,7H2,1H3,(H2,13,16)(H,14,15)/t8-/m0/s1. The van der Waals surface area contributed by atoms with Crippen LogP contribution in [0.5, 0.6) is 0 Å². The second-order valence-electron chi connectivity index (χ2n) is 3.63. The number of carbonyl (C=O) groups excluding carboxylic acids is 3. The van der Waals surface area contributed by atoms with Crippen LogP contribution in [0.1, 0.15) is 17.3 Å². The zero-order chi connectivity index (χ0) is 13.5. The van der Waals surface area contributed by atoms with Gasteiger partial charge in [-0.05, 0) is 19.1 Å². The van der Waals surface area contributed by atoms with Crippen LogP contribution in [0.2, 0.25) is 0 Å². The molecule has 0 aliphatic rings. The average molecular weight is 250 g/mol. The van der Waals surface area contributed by atoms with E-state index in [0.717, 1.165) is 0 Å². The number of benzene rings is 1. The van der Waals surface area contributed by atoms with Crippen molar-refractivity contribution in [2.45, 2.75) is 13.0 Å². The lowest BCUT2D eigenvalue weighted by atomic mass is 10.2. The quantitative estimate of drug-likeness (QED) is 0.709. The van der Waals surface area contributed by atoms with Gasteiger partial charge in [-0.2, -0.15) is 0 Å². The molecule has 96 valence electrons. The Kier molecular flexibility index (Phi) is 4.86. The summed E-state index contributed by atoms with van der Waals surface area (Å²) in [5.74, 6) is -1.83. The first-order valence-corrected chi connectivity index (χ1v) is 5.31. The highest BCUT2D eigenvalue weighted by atomic mass is 16.5. The van der Waals surface area contributed by atoms with Crippen LogP contribution in [0, 0.1) is 0 Å². The van der Waals surface area contributed by atoms with Crippen molar-refractivity contribution in [3.63, 3.8) is 0 Å². The molecule has 0 aliphatic heterocycles. The van der Waals surface area contributed by atoms with Crippen LogP contribution in [0.4, 0.5) is 0 Å². The van der Waals surface area contributed by atoms with E-state index in [4.69, 9.17) is 10.5 Å². The fourth-order valence-corrected chi connectivity index (χ4v) is 1.14. The van der Waals surface area contributed by atoms with Crippen LogP contribution >= 0.6 is 0 Å². The van der Waals surface area contributed by atoms with Gasteiger partial charge in [-0.15, -0.1) is 0 Å². The molecule has 1 aromatic rings. The van der Waals surface area contributed by atoms with Crippen LogP contribution in [0.3, 0.4) is 0 Å². The van der Waals surface area contributed by atoms with Gasteiger partial charge in [0.2, 0.25) is 5.91 Å². The van der Waals surface area contributed by atoms with Crippen LogP contribution in [-0.4, -0.2) is 30.4 Å². The lowest BCUT2D eigenvalue weighted by Gasteiger charge is -2.10. The minimum atomic E-state index is -0.798. The maximum Gasteiger partial charge on any atom is 0.338 e. The average Bonchev–Trinajstić information content (AvgIpc) is 2.36. The van der Waals surface area contributed by atoms with Gasteiger partial charge in [0.1, 0.15) is 6.04 Å². The zero-order valence-corrected chi connectivity index (χ0v) is 9.88. The summed E-state index contributed by atoms with van der Waals surface area (Å²) in [5.41, 5.74) is 5.32. The number of hydrogen-bond acceptors (Lipinski definition) is 4. The molecule has 1 rings (SSSR count). The Balaban J connectivity index is 2.40. The van der Waals surface area contributed by atoms with Gasteiger partial charge in [-0.25, -0.2) is 4.79 Å². The number of nitrogens with two attached hydrogens (primary N) is 1. The SMILES string of the molecule is C[C@H](NC(=O)COC(=O)c1ccccc1)C(N)=O. The second-order valence-corrected chi connectivity index (χ2v) is 3.63. The molecular formula is C12H14N2O4. The summed E-state index contributed by atoms with van der Waals surface area (Å²) in [4.78, 5) is 33.5. The predicted molar refractivity (Wildman–Crippen MR) is 63.5 cm³/mol. The van der Waals surface area contributed by atoms with E-state index in [0.29, 0.717) is 5.56 Å². The summed E-state index contributed by atoms with van der Waals surface area (Å²) < 4.78 is 4.77. The molecule has 0 unspecified atom stereocenters. The van der Waals surface area contributed by atoms with Crippen LogP contribution in [0.15, 0.2) is 30.3 Å². The van der Waals surface area contributed by atoms with Gasteiger partial charge in [0.05, 0.1) is 5.56 Å². The van der Waals surface area contributed by atoms with Crippen LogP contribution < -0.4 is 11.1 Å². The largest absolute Gasteiger partial charge is 0.452 e. The van der Waals surface area contributed by atoms with Crippen molar-refractivity contribution in [3.8, 4) is 0 Å². The monoisotopic (exact) mass is 250 g/mol. The van der Waals surface area contributed by atoms with Crippen molar-refractivity contribution >= 4 is 17.8 Å². The fourth-order valence-electron chi connectivity index (χ4n) is 1.14. The maximum absolute atomic E-state index is 11.5. The molecule has 0 bridgehead atoms. The van der Waals surface area contributed by atoms with E-state index in [9.17, 15) is 14.4 Å². The molecule has 0 aliphatic carbocycles. The number of carbonyl (C=O) groups is 3. The molecule has 3 N–H and O–H groups in total. The summed E-state index contributed by atoms with van der Waals surface area (Å²) in [6, 6.07) is 7.49. The molecule has 0 saturated heterocycles. The predicted octanol–water partition coefficient (Wildman–Crippen LogP) is -0.167. The summed E-state index contributed by atoms with van der Waals surface area (Å²) in [5, 5.41) is 2.30. The van der Waals surface area contributed by atoms with Gasteiger partial charge in [0.25, 0.3) is 5.91 Å². The summed E-state index contributed by atoms with van der Waals surface area (Å²) in [7, 11) is 0. The molecule has 0 aromatic heterocycles. The topological polar surface area (TPSA) is 98.5 Å². The summed E-state index contributed by atoms with van der Waals surface area (Å²) in [6.07, 6.45) is 0. The number of rotatable bonds is 5. The number of nitrogens with one attached hydrogen (secondary N) is 1. The maximum atomic E-state index is 11.5. The van der Waals surface area contributed by atoms with E-state index in [1.165, 1.54) is 6.92 Å². The van der Waals surface area contributed by atoms with Crippen molar-refractivity contribution in [3.05, 3.63) is 35.9 Å². The lowest BCUT2D eigenvalue weighted by molar-refractivity contribution is -0.128. The van der Waals surface area contributed by atoms with Crippen molar-refractivity contribution < 1.29 is 19.1 Å². The number of ether oxygens (including phenoxy) is 1. The highest BCUT2D eigenvalue weighted by Crippen LogP contribution is 2.00. The molecule has 1 aromatic carbocycles.